The van der Waals surface area contributed by atoms with Crippen LogP contribution in [0.5, 0.6) is 5.75 Å². The summed E-state index contributed by atoms with van der Waals surface area (Å²) in [5, 5.41) is 0. The molecule has 0 radical (unpaired) electrons. The predicted octanol–water partition coefficient (Wildman–Crippen LogP) is 1.48. The Morgan fingerprint density at radius 3 is 2.80 bits per heavy atom. The van der Waals surface area contributed by atoms with Crippen LogP contribution in [-0.2, 0) is 0 Å². The fraction of sp³-hybridized carbons (Fsp3) is 0.500. The lowest BCUT2D eigenvalue weighted by atomic mass is 10.0. The Morgan fingerprint density at radius 2 is 2.13 bits per heavy atom. The topological polar surface area (TPSA) is 38.5 Å². The first-order valence-corrected chi connectivity index (χ1v) is 5.48. The molecule has 0 amide bonds. The van der Waals surface area contributed by atoms with Crippen molar-refractivity contribution in [2.24, 2.45) is 11.7 Å². The van der Waals surface area contributed by atoms with Crippen LogP contribution in [-0.4, -0.2) is 26.2 Å². The zero-order chi connectivity index (χ0) is 10.7. The number of rotatable bonds is 4. The molecule has 0 spiro atoms. The third-order valence-electron chi connectivity index (χ3n) is 2.65. The molecule has 3 nitrogen and oxygen atoms in total. The molecule has 1 saturated heterocycles. The van der Waals surface area contributed by atoms with Gasteiger partial charge in [-0.05, 0) is 18.1 Å². The second-order valence-electron chi connectivity index (χ2n) is 4.12. The molecule has 82 valence electrons. The van der Waals surface area contributed by atoms with Gasteiger partial charge in [0.15, 0.2) is 0 Å². The SMILES string of the molecule is CC1CN(c2ccccc2OCCN)C1. The number of hydrogen-bond donors (Lipinski definition) is 1. The maximum absolute atomic E-state index is 5.61. The van der Waals surface area contributed by atoms with E-state index in [1.807, 2.05) is 18.2 Å². The van der Waals surface area contributed by atoms with Crippen LogP contribution in [0.3, 0.4) is 0 Å². The standard InChI is InChI=1S/C12H18N2O/c1-10-8-14(9-10)11-4-2-3-5-12(11)15-7-6-13/h2-5,10H,6-9,13H2,1H3. The highest BCUT2D eigenvalue weighted by atomic mass is 16.5. The zero-order valence-electron chi connectivity index (χ0n) is 9.15. The second kappa shape index (κ2) is 4.53. The van der Waals surface area contributed by atoms with Crippen molar-refractivity contribution in [2.75, 3.05) is 31.1 Å². The van der Waals surface area contributed by atoms with Gasteiger partial charge in [0.2, 0.25) is 0 Å². The Labute approximate surface area is 90.8 Å². The average molecular weight is 206 g/mol. The smallest absolute Gasteiger partial charge is 0.142 e. The average Bonchev–Trinajstić information content (AvgIpc) is 2.23. The summed E-state index contributed by atoms with van der Waals surface area (Å²) in [6.07, 6.45) is 0. The summed E-state index contributed by atoms with van der Waals surface area (Å²) in [7, 11) is 0. The van der Waals surface area contributed by atoms with E-state index in [1.165, 1.54) is 5.69 Å². The number of anilines is 1. The largest absolute Gasteiger partial charge is 0.490 e. The molecule has 15 heavy (non-hydrogen) atoms. The van der Waals surface area contributed by atoms with E-state index < -0.39 is 0 Å². The lowest BCUT2D eigenvalue weighted by Crippen LogP contribution is -2.45. The molecule has 0 bridgehead atoms. The highest BCUT2D eigenvalue weighted by molar-refractivity contribution is 5.59. The number of nitrogens with zero attached hydrogens (tertiary/aromatic N) is 1. The van der Waals surface area contributed by atoms with Gasteiger partial charge in [0, 0.05) is 19.6 Å². The van der Waals surface area contributed by atoms with E-state index in [0.717, 1.165) is 24.8 Å². The minimum Gasteiger partial charge on any atom is -0.490 e. The number of nitrogens with two attached hydrogens (primary N) is 1. The molecule has 1 aromatic rings. The first-order valence-electron chi connectivity index (χ1n) is 5.48. The summed E-state index contributed by atoms with van der Waals surface area (Å²) < 4.78 is 5.61. The van der Waals surface area contributed by atoms with E-state index >= 15 is 0 Å². The molecule has 0 aromatic heterocycles. The minimum atomic E-state index is 0.560. The Hall–Kier alpha value is -1.22. The molecule has 1 aliphatic rings. The number of benzene rings is 1. The summed E-state index contributed by atoms with van der Waals surface area (Å²) in [6.45, 7) is 5.66. The van der Waals surface area contributed by atoms with Crippen LogP contribution < -0.4 is 15.4 Å². The quantitative estimate of drug-likeness (QED) is 0.811. The van der Waals surface area contributed by atoms with Crippen molar-refractivity contribution in [3.05, 3.63) is 24.3 Å². The highest BCUT2D eigenvalue weighted by Gasteiger charge is 2.24. The monoisotopic (exact) mass is 206 g/mol. The van der Waals surface area contributed by atoms with E-state index in [2.05, 4.69) is 17.9 Å². The fourth-order valence-corrected chi connectivity index (χ4v) is 1.91. The molecule has 2 N–H and O–H groups in total. The van der Waals surface area contributed by atoms with Crippen molar-refractivity contribution >= 4 is 5.69 Å². The number of ether oxygens (including phenoxy) is 1. The van der Waals surface area contributed by atoms with Crippen LogP contribution in [0.4, 0.5) is 5.69 Å². The third-order valence-corrected chi connectivity index (χ3v) is 2.65. The van der Waals surface area contributed by atoms with Gasteiger partial charge in [0.05, 0.1) is 5.69 Å². The van der Waals surface area contributed by atoms with Crippen molar-refractivity contribution in [1.82, 2.24) is 0 Å². The van der Waals surface area contributed by atoms with Gasteiger partial charge in [-0.2, -0.15) is 0 Å². The van der Waals surface area contributed by atoms with Gasteiger partial charge in [-0.1, -0.05) is 19.1 Å². The first-order chi connectivity index (χ1) is 7.31. The van der Waals surface area contributed by atoms with E-state index in [1.54, 1.807) is 0 Å². The van der Waals surface area contributed by atoms with Crippen molar-refractivity contribution in [3.8, 4) is 5.75 Å². The van der Waals surface area contributed by atoms with Crippen LogP contribution in [0.1, 0.15) is 6.92 Å². The molecule has 0 unspecified atom stereocenters. The van der Waals surface area contributed by atoms with Crippen LogP contribution >= 0.6 is 0 Å². The molecular formula is C12H18N2O. The van der Waals surface area contributed by atoms with E-state index in [0.29, 0.717) is 13.2 Å². The summed E-state index contributed by atoms with van der Waals surface area (Å²) in [5.41, 5.74) is 6.63. The van der Waals surface area contributed by atoms with Gasteiger partial charge in [-0.15, -0.1) is 0 Å². The Bertz CT molecular complexity index is 321. The van der Waals surface area contributed by atoms with E-state index in [9.17, 15) is 0 Å². The molecule has 1 aromatic carbocycles. The Morgan fingerprint density at radius 1 is 1.40 bits per heavy atom. The molecule has 1 fully saturated rings. The van der Waals surface area contributed by atoms with Crippen LogP contribution in [0.2, 0.25) is 0 Å². The summed E-state index contributed by atoms with van der Waals surface area (Å²) in [6, 6.07) is 8.16. The molecular weight excluding hydrogens is 188 g/mol. The number of hydrogen-bond acceptors (Lipinski definition) is 3. The Balaban J connectivity index is 2.08. The lowest BCUT2D eigenvalue weighted by Gasteiger charge is -2.39. The fourth-order valence-electron chi connectivity index (χ4n) is 1.91. The van der Waals surface area contributed by atoms with Crippen molar-refractivity contribution in [1.29, 1.82) is 0 Å². The van der Waals surface area contributed by atoms with Crippen molar-refractivity contribution < 1.29 is 4.74 Å². The van der Waals surface area contributed by atoms with Gasteiger partial charge >= 0.3 is 0 Å². The second-order valence-corrected chi connectivity index (χ2v) is 4.12. The van der Waals surface area contributed by atoms with Crippen LogP contribution in [0.15, 0.2) is 24.3 Å². The summed E-state index contributed by atoms with van der Waals surface area (Å²) in [5.74, 6) is 1.75. The molecule has 3 heteroatoms. The zero-order valence-corrected chi connectivity index (χ0v) is 9.15. The maximum atomic E-state index is 5.61. The lowest BCUT2D eigenvalue weighted by molar-refractivity contribution is 0.325. The molecule has 2 rings (SSSR count). The number of para-hydroxylation sites is 2. The third kappa shape index (κ3) is 2.23. The van der Waals surface area contributed by atoms with Gasteiger partial charge in [0.25, 0.3) is 0 Å². The molecule has 1 heterocycles. The predicted molar refractivity (Wildman–Crippen MR) is 62.4 cm³/mol. The van der Waals surface area contributed by atoms with Crippen LogP contribution in [0.25, 0.3) is 0 Å². The summed E-state index contributed by atoms with van der Waals surface area (Å²) >= 11 is 0. The molecule has 0 aliphatic carbocycles. The van der Waals surface area contributed by atoms with E-state index in [4.69, 9.17) is 10.5 Å². The highest BCUT2D eigenvalue weighted by Crippen LogP contribution is 2.32. The molecule has 1 aliphatic heterocycles. The van der Waals surface area contributed by atoms with Gasteiger partial charge in [-0.3, -0.25) is 0 Å². The Kier molecular flexibility index (Phi) is 3.11. The summed E-state index contributed by atoms with van der Waals surface area (Å²) in [4.78, 5) is 2.34. The molecule has 0 saturated carbocycles. The normalized spacial score (nSPS) is 16.3. The maximum Gasteiger partial charge on any atom is 0.142 e. The first kappa shape index (κ1) is 10.3. The minimum absolute atomic E-state index is 0.560. The van der Waals surface area contributed by atoms with Gasteiger partial charge in [0.1, 0.15) is 12.4 Å². The van der Waals surface area contributed by atoms with Crippen LogP contribution in [0, 0.1) is 5.92 Å². The van der Waals surface area contributed by atoms with Gasteiger partial charge in [-0.25, -0.2) is 0 Å². The van der Waals surface area contributed by atoms with E-state index in [-0.39, 0.29) is 0 Å². The van der Waals surface area contributed by atoms with Crippen molar-refractivity contribution in [3.63, 3.8) is 0 Å². The molecule has 0 atom stereocenters. The van der Waals surface area contributed by atoms with Crippen molar-refractivity contribution in [2.45, 2.75) is 6.92 Å². The van der Waals surface area contributed by atoms with Gasteiger partial charge < -0.3 is 15.4 Å².